The van der Waals surface area contributed by atoms with Gasteiger partial charge in [0.25, 0.3) is 0 Å². The number of carbonyl (C=O) groups excluding carboxylic acids is 1. The summed E-state index contributed by atoms with van der Waals surface area (Å²) in [6.07, 6.45) is 5.19. The third-order valence-corrected chi connectivity index (χ3v) is 6.88. The number of nitrogens with one attached hydrogen (secondary N) is 1. The van der Waals surface area contributed by atoms with Crippen LogP contribution in [0.15, 0.2) is 60.8 Å². The molecule has 0 unspecified atom stereocenters. The Labute approximate surface area is 198 Å². The summed E-state index contributed by atoms with van der Waals surface area (Å²) in [6, 6.07) is 19.2. The molecule has 1 aliphatic rings. The van der Waals surface area contributed by atoms with Crippen molar-refractivity contribution >= 4 is 16.8 Å². The lowest BCUT2D eigenvalue weighted by Gasteiger charge is -2.31. The zero-order valence-corrected chi connectivity index (χ0v) is 20.2. The van der Waals surface area contributed by atoms with Crippen molar-refractivity contribution in [2.24, 2.45) is 5.92 Å². The van der Waals surface area contributed by atoms with Crippen LogP contribution in [-0.4, -0.2) is 53.5 Å². The molecule has 0 atom stereocenters. The quantitative estimate of drug-likeness (QED) is 0.466. The Morgan fingerprint density at radius 1 is 1.06 bits per heavy atom. The highest BCUT2D eigenvalue weighted by molar-refractivity contribution is 5.84. The van der Waals surface area contributed by atoms with Gasteiger partial charge < -0.3 is 14.8 Å². The van der Waals surface area contributed by atoms with E-state index in [1.807, 2.05) is 0 Å². The van der Waals surface area contributed by atoms with Crippen LogP contribution in [0.5, 0.6) is 0 Å². The van der Waals surface area contributed by atoms with E-state index >= 15 is 0 Å². The minimum Gasteiger partial charge on any atom is -0.356 e. The number of nitrogens with zero attached hydrogens (tertiary/aromatic N) is 3. The van der Waals surface area contributed by atoms with Crippen molar-refractivity contribution in [1.82, 2.24) is 19.7 Å². The third kappa shape index (κ3) is 6.24. The molecule has 1 saturated heterocycles. The molecule has 0 bridgehead atoms. The van der Waals surface area contributed by atoms with Gasteiger partial charge in [0.1, 0.15) is 0 Å². The lowest BCUT2D eigenvalue weighted by Crippen LogP contribution is -2.40. The molecule has 4 rings (SSSR count). The van der Waals surface area contributed by atoms with Crippen molar-refractivity contribution < 1.29 is 4.79 Å². The summed E-state index contributed by atoms with van der Waals surface area (Å²) < 4.78 is 2.34. The maximum Gasteiger partial charge on any atom is 0.223 e. The third-order valence-electron chi connectivity index (χ3n) is 6.88. The number of piperidine rings is 1. The Morgan fingerprint density at radius 3 is 2.55 bits per heavy atom. The van der Waals surface area contributed by atoms with Gasteiger partial charge in [-0.05, 0) is 70.1 Å². The van der Waals surface area contributed by atoms with E-state index in [1.54, 1.807) is 0 Å². The molecule has 5 nitrogen and oxygen atoms in total. The van der Waals surface area contributed by atoms with Crippen molar-refractivity contribution in [3.8, 4) is 0 Å². The Balaban J connectivity index is 1.17. The molecule has 5 heteroatoms. The fraction of sp³-hybridized carbons (Fsp3) is 0.464. The van der Waals surface area contributed by atoms with Crippen molar-refractivity contribution in [3.63, 3.8) is 0 Å². The van der Waals surface area contributed by atoms with Crippen LogP contribution in [0.1, 0.15) is 37.3 Å². The monoisotopic (exact) mass is 446 g/mol. The summed E-state index contributed by atoms with van der Waals surface area (Å²) in [5.74, 6) is 0.392. The zero-order chi connectivity index (χ0) is 23.0. The van der Waals surface area contributed by atoms with E-state index in [4.69, 9.17) is 0 Å². The summed E-state index contributed by atoms with van der Waals surface area (Å²) in [5, 5.41) is 4.54. The first-order chi connectivity index (χ1) is 16.1. The first-order valence-corrected chi connectivity index (χ1v) is 12.4. The summed E-state index contributed by atoms with van der Waals surface area (Å²) in [6.45, 7) is 8.83. The average Bonchev–Trinajstić information content (AvgIpc) is 3.20. The molecule has 0 radical (unpaired) electrons. The smallest absolute Gasteiger partial charge is 0.223 e. The van der Waals surface area contributed by atoms with Crippen LogP contribution in [0.3, 0.4) is 0 Å². The SMILES string of the molecule is CCn1cc(CN2CCC(C(=O)NCCCN(C)Cc3ccccc3)CC2)c2ccccc21. The maximum absolute atomic E-state index is 12.7. The maximum atomic E-state index is 12.7. The number of fused-ring (bicyclic) bond motifs is 1. The Morgan fingerprint density at radius 2 is 1.79 bits per heavy atom. The van der Waals surface area contributed by atoms with Gasteiger partial charge >= 0.3 is 0 Å². The standard InChI is InChI=1S/C28H38N4O/c1-3-32-22-25(26-12-7-8-13-27(26)32)21-31-18-14-24(15-19-31)28(33)29-16-9-17-30(2)20-23-10-5-4-6-11-23/h4-8,10-13,22,24H,3,9,14-21H2,1-2H3,(H,29,33). The van der Waals surface area contributed by atoms with Crippen LogP contribution >= 0.6 is 0 Å². The Kier molecular flexibility index (Phi) is 8.19. The number of carbonyl (C=O) groups is 1. The molecule has 1 aromatic heterocycles. The van der Waals surface area contributed by atoms with Gasteiger partial charge in [0.05, 0.1) is 0 Å². The Bertz CT molecular complexity index is 1020. The lowest BCUT2D eigenvalue weighted by atomic mass is 9.95. The van der Waals surface area contributed by atoms with Crippen molar-refractivity contribution in [2.75, 3.05) is 33.2 Å². The highest BCUT2D eigenvalue weighted by Crippen LogP contribution is 2.25. The van der Waals surface area contributed by atoms with Gasteiger partial charge in [0.2, 0.25) is 5.91 Å². The molecular weight excluding hydrogens is 408 g/mol. The molecule has 0 spiro atoms. The van der Waals surface area contributed by atoms with Crippen LogP contribution in [0, 0.1) is 5.92 Å². The summed E-state index contributed by atoms with van der Waals surface area (Å²) in [5.41, 5.74) is 4.05. The highest BCUT2D eigenvalue weighted by Gasteiger charge is 2.25. The number of para-hydroxylation sites is 1. The molecule has 2 aromatic carbocycles. The second-order valence-electron chi connectivity index (χ2n) is 9.38. The molecule has 1 fully saturated rings. The van der Waals surface area contributed by atoms with Gasteiger partial charge in [-0.25, -0.2) is 0 Å². The lowest BCUT2D eigenvalue weighted by molar-refractivity contribution is -0.126. The molecule has 0 saturated carbocycles. The largest absolute Gasteiger partial charge is 0.356 e. The second-order valence-corrected chi connectivity index (χ2v) is 9.38. The molecular formula is C28H38N4O. The number of likely N-dealkylation sites (tertiary alicyclic amines) is 1. The highest BCUT2D eigenvalue weighted by atomic mass is 16.1. The van der Waals surface area contributed by atoms with Gasteiger partial charge in [-0.3, -0.25) is 9.69 Å². The number of aromatic nitrogens is 1. The van der Waals surface area contributed by atoms with E-state index < -0.39 is 0 Å². The molecule has 3 aromatic rings. The average molecular weight is 447 g/mol. The predicted molar refractivity (Wildman–Crippen MR) is 136 cm³/mol. The molecule has 2 heterocycles. The van der Waals surface area contributed by atoms with E-state index in [-0.39, 0.29) is 11.8 Å². The van der Waals surface area contributed by atoms with Gasteiger partial charge in [-0.1, -0.05) is 48.5 Å². The second kappa shape index (κ2) is 11.5. The minimum atomic E-state index is 0.153. The topological polar surface area (TPSA) is 40.5 Å². The van der Waals surface area contributed by atoms with Crippen LogP contribution < -0.4 is 5.32 Å². The zero-order valence-electron chi connectivity index (χ0n) is 20.2. The molecule has 176 valence electrons. The van der Waals surface area contributed by atoms with Gasteiger partial charge in [-0.2, -0.15) is 0 Å². The van der Waals surface area contributed by atoms with Crippen LogP contribution in [-0.2, 0) is 24.4 Å². The van der Waals surface area contributed by atoms with Gasteiger partial charge in [0, 0.05) is 49.2 Å². The van der Waals surface area contributed by atoms with E-state index in [1.165, 1.54) is 22.0 Å². The van der Waals surface area contributed by atoms with Crippen molar-refractivity contribution in [1.29, 1.82) is 0 Å². The molecule has 1 aliphatic heterocycles. The first kappa shape index (κ1) is 23.5. The van der Waals surface area contributed by atoms with E-state index in [0.717, 1.165) is 65.1 Å². The summed E-state index contributed by atoms with van der Waals surface area (Å²) >= 11 is 0. The summed E-state index contributed by atoms with van der Waals surface area (Å²) in [7, 11) is 2.14. The van der Waals surface area contributed by atoms with E-state index in [9.17, 15) is 4.79 Å². The van der Waals surface area contributed by atoms with Crippen LogP contribution in [0.4, 0.5) is 0 Å². The number of aryl methyl sites for hydroxylation is 1. The van der Waals surface area contributed by atoms with Crippen LogP contribution in [0.2, 0.25) is 0 Å². The number of hydrogen-bond acceptors (Lipinski definition) is 3. The van der Waals surface area contributed by atoms with E-state index in [2.05, 4.69) is 94.4 Å². The summed E-state index contributed by atoms with van der Waals surface area (Å²) in [4.78, 5) is 17.5. The predicted octanol–water partition coefficient (Wildman–Crippen LogP) is 4.51. The first-order valence-electron chi connectivity index (χ1n) is 12.4. The van der Waals surface area contributed by atoms with E-state index in [0.29, 0.717) is 0 Å². The molecule has 1 amide bonds. The number of rotatable bonds is 10. The normalized spacial score (nSPS) is 15.4. The number of hydrogen-bond donors (Lipinski definition) is 1. The van der Waals surface area contributed by atoms with Gasteiger partial charge in [-0.15, -0.1) is 0 Å². The molecule has 0 aliphatic carbocycles. The van der Waals surface area contributed by atoms with Gasteiger partial charge in [0.15, 0.2) is 0 Å². The Hall–Kier alpha value is -2.63. The fourth-order valence-corrected chi connectivity index (χ4v) is 4.98. The van der Waals surface area contributed by atoms with Crippen LogP contribution in [0.25, 0.3) is 10.9 Å². The number of benzene rings is 2. The fourth-order valence-electron chi connectivity index (χ4n) is 4.98. The molecule has 1 N–H and O–H groups in total. The minimum absolute atomic E-state index is 0.153. The van der Waals surface area contributed by atoms with Crippen molar-refractivity contribution in [2.45, 2.75) is 45.8 Å². The number of amides is 1. The van der Waals surface area contributed by atoms with Crippen molar-refractivity contribution in [3.05, 3.63) is 71.9 Å². The molecule has 33 heavy (non-hydrogen) atoms.